The monoisotopic (exact) mass is 315 g/mol. The molecule has 2 heterocycles. The number of rotatable bonds is 5. The molecule has 6 heteroatoms. The van der Waals surface area contributed by atoms with Crippen LogP contribution in [0.2, 0.25) is 0 Å². The van der Waals surface area contributed by atoms with Crippen molar-refractivity contribution in [2.45, 2.75) is 19.4 Å². The third-order valence-corrected chi connectivity index (χ3v) is 4.01. The Morgan fingerprint density at radius 2 is 2.17 bits per heavy atom. The van der Waals surface area contributed by atoms with Crippen molar-refractivity contribution in [2.75, 3.05) is 18.5 Å². The van der Waals surface area contributed by atoms with E-state index in [2.05, 4.69) is 10.4 Å². The number of nitrogens with zero attached hydrogens (tertiary/aromatic N) is 2. The molecule has 1 aromatic heterocycles. The van der Waals surface area contributed by atoms with Crippen LogP contribution in [0, 0.1) is 5.92 Å². The Balaban J connectivity index is 1.68. The minimum Gasteiger partial charge on any atom is -0.494 e. The second-order valence-corrected chi connectivity index (χ2v) is 5.51. The summed E-state index contributed by atoms with van der Waals surface area (Å²) in [5.41, 5.74) is 1.68. The van der Waals surface area contributed by atoms with Gasteiger partial charge in [-0.2, -0.15) is 5.10 Å². The van der Waals surface area contributed by atoms with E-state index in [0.717, 1.165) is 17.1 Å². The smallest absolute Gasteiger partial charge is 0.230 e. The van der Waals surface area contributed by atoms with Crippen LogP contribution in [0.15, 0.2) is 36.5 Å². The minimum atomic E-state index is -0.245. The van der Waals surface area contributed by atoms with Crippen LogP contribution in [0.1, 0.15) is 25.1 Å². The minimum absolute atomic E-state index is 0.0298. The van der Waals surface area contributed by atoms with Crippen molar-refractivity contribution in [3.63, 3.8) is 0 Å². The first-order valence-electron chi connectivity index (χ1n) is 7.82. The first-order chi connectivity index (χ1) is 11.2. The van der Waals surface area contributed by atoms with Crippen LogP contribution < -0.4 is 10.1 Å². The molecule has 23 heavy (non-hydrogen) atoms. The van der Waals surface area contributed by atoms with Gasteiger partial charge in [-0.1, -0.05) is 0 Å². The van der Waals surface area contributed by atoms with Gasteiger partial charge in [0.1, 0.15) is 11.9 Å². The van der Waals surface area contributed by atoms with Gasteiger partial charge in [0, 0.05) is 25.5 Å². The zero-order valence-electron chi connectivity index (χ0n) is 13.4. The number of aryl methyl sites for hydroxylation is 1. The van der Waals surface area contributed by atoms with Gasteiger partial charge >= 0.3 is 0 Å². The SMILES string of the molecule is CCOc1ccc(NC(=O)[C@@H]2CCO[C@H]2c2ccnn2C)cc1. The number of amides is 1. The molecule has 1 aliphatic rings. The van der Waals surface area contributed by atoms with Crippen molar-refractivity contribution < 1.29 is 14.3 Å². The van der Waals surface area contributed by atoms with Crippen molar-refractivity contribution in [3.8, 4) is 5.75 Å². The number of ether oxygens (including phenoxy) is 2. The number of aromatic nitrogens is 2. The van der Waals surface area contributed by atoms with Gasteiger partial charge in [0.2, 0.25) is 5.91 Å². The van der Waals surface area contributed by atoms with E-state index < -0.39 is 0 Å². The van der Waals surface area contributed by atoms with Gasteiger partial charge < -0.3 is 14.8 Å². The summed E-state index contributed by atoms with van der Waals surface area (Å²) in [5, 5.41) is 7.12. The molecule has 122 valence electrons. The summed E-state index contributed by atoms with van der Waals surface area (Å²) in [7, 11) is 1.86. The molecule has 0 aliphatic carbocycles. The van der Waals surface area contributed by atoms with E-state index in [9.17, 15) is 4.79 Å². The van der Waals surface area contributed by atoms with Crippen LogP contribution in [0.25, 0.3) is 0 Å². The average Bonchev–Trinajstić information content (AvgIpc) is 3.17. The van der Waals surface area contributed by atoms with Crippen LogP contribution in [-0.2, 0) is 16.6 Å². The van der Waals surface area contributed by atoms with Crippen molar-refractivity contribution in [1.82, 2.24) is 9.78 Å². The Hall–Kier alpha value is -2.34. The summed E-state index contributed by atoms with van der Waals surface area (Å²) in [6.45, 7) is 3.14. The Morgan fingerprint density at radius 3 is 2.83 bits per heavy atom. The van der Waals surface area contributed by atoms with E-state index in [4.69, 9.17) is 9.47 Å². The lowest BCUT2D eigenvalue weighted by atomic mass is 9.98. The molecule has 6 nitrogen and oxygen atoms in total. The van der Waals surface area contributed by atoms with Crippen molar-refractivity contribution in [1.29, 1.82) is 0 Å². The number of nitrogens with one attached hydrogen (secondary N) is 1. The second-order valence-electron chi connectivity index (χ2n) is 5.51. The lowest BCUT2D eigenvalue weighted by Crippen LogP contribution is -2.26. The predicted octanol–water partition coefficient (Wildman–Crippen LogP) is 2.54. The van der Waals surface area contributed by atoms with Gasteiger partial charge in [0.25, 0.3) is 0 Å². The van der Waals surface area contributed by atoms with Crippen LogP contribution >= 0.6 is 0 Å². The van der Waals surface area contributed by atoms with E-state index in [-0.39, 0.29) is 17.9 Å². The normalized spacial score (nSPS) is 20.4. The van der Waals surface area contributed by atoms with E-state index in [1.807, 2.05) is 44.3 Å². The zero-order chi connectivity index (χ0) is 16.2. The van der Waals surface area contributed by atoms with Crippen LogP contribution in [0.4, 0.5) is 5.69 Å². The van der Waals surface area contributed by atoms with E-state index in [1.165, 1.54) is 0 Å². The molecule has 3 rings (SSSR count). The fraction of sp³-hybridized carbons (Fsp3) is 0.412. The van der Waals surface area contributed by atoms with E-state index >= 15 is 0 Å². The molecule has 0 unspecified atom stereocenters. The van der Waals surface area contributed by atoms with E-state index in [1.54, 1.807) is 10.9 Å². The lowest BCUT2D eigenvalue weighted by Gasteiger charge is -2.18. The van der Waals surface area contributed by atoms with Crippen LogP contribution in [0.3, 0.4) is 0 Å². The Labute approximate surface area is 135 Å². The van der Waals surface area contributed by atoms with Gasteiger partial charge in [0.05, 0.1) is 18.2 Å². The largest absolute Gasteiger partial charge is 0.494 e. The number of benzene rings is 1. The molecule has 0 radical (unpaired) electrons. The first kappa shape index (κ1) is 15.6. The van der Waals surface area contributed by atoms with E-state index in [0.29, 0.717) is 19.6 Å². The Morgan fingerprint density at radius 1 is 1.39 bits per heavy atom. The molecule has 2 aromatic rings. The van der Waals surface area contributed by atoms with Gasteiger partial charge in [-0.15, -0.1) is 0 Å². The van der Waals surface area contributed by atoms with Gasteiger partial charge in [-0.3, -0.25) is 9.48 Å². The van der Waals surface area contributed by atoms with Crippen molar-refractivity contribution in [3.05, 3.63) is 42.2 Å². The van der Waals surface area contributed by atoms with Crippen molar-refractivity contribution >= 4 is 11.6 Å². The second kappa shape index (κ2) is 6.83. The predicted molar refractivity (Wildman–Crippen MR) is 86.2 cm³/mol. The molecule has 1 saturated heterocycles. The molecule has 0 spiro atoms. The molecular weight excluding hydrogens is 294 g/mol. The lowest BCUT2D eigenvalue weighted by molar-refractivity contribution is -0.121. The molecule has 0 saturated carbocycles. The molecule has 1 fully saturated rings. The Bertz CT molecular complexity index is 666. The van der Waals surface area contributed by atoms with Crippen LogP contribution in [-0.4, -0.2) is 28.9 Å². The summed E-state index contributed by atoms with van der Waals surface area (Å²) in [5.74, 6) is 0.553. The highest BCUT2D eigenvalue weighted by atomic mass is 16.5. The van der Waals surface area contributed by atoms with Crippen LogP contribution in [0.5, 0.6) is 5.75 Å². The fourth-order valence-electron chi connectivity index (χ4n) is 2.85. The molecule has 1 N–H and O–H groups in total. The summed E-state index contributed by atoms with van der Waals surface area (Å²) in [6.07, 6.45) is 2.18. The Kier molecular flexibility index (Phi) is 4.62. The third kappa shape index (κ3) is 3.37. The third-order valence-electron chi connectivity index (χ3n) is 4.01. The quantitative estimate of drug-likeness (QED) is 0.921. The topological polar surface area (TPSA) is 65.4 Å². The molecule has 1 amide bonds. The standard InChI is InChI=1S/C17H21N3O3/c1-3-22-13-6-4-12(5-7-13)19-17(21)14-9-11-23-16(14)15-8-10-18-20(15)2/h4-8,10,14,16H,3,9,11H2,1-2H3,(H,19,21)/t14-,16-/m1/s1. The highest BCUT2D eigenvalue weighted by Gasteiger charge is 2.36. The molecular formula is C17H21N3O3. The molecule has 1 aliphatic heterocycles. The maximum atomic E-state index is 12.6. The first-order valence-corrected chi connectivity index (χ1v) is 7.82. The van der Waals surface area contributed by atoms with Gasteiger partial charge in [-0.25, -0.2) is 0 Å². The zero-order valence-corrected chi connectivity index (χ0v) is 13.4. The summed E-state index contributed by atoms with van der Waals surface area (Å²) >= 11 is 0. The maximum absolute atomic E-state index is 12.6. The molecule has 2 atom stereocenters. The maximum Gasteiger partial charge on any atom is 0.230 e. The molecule has 0 bridgehead atoms. The fourth-order valence-corrected chi connectivity index (χ4v) is 2.85. The average molecular weight is 315 g/mol. The number of carbonyl (C=O) groups excluding carboxylic acids is 1. The van der Waals surface area contributed by atoms with Gasteiger partial charge in [0.15, 0.2) is 0 Å². The summed E-state index contributed by atoms with van der Waals surface area (Å²) in [6, 6.07) is 9.29. The highest BCUT2D eigenvalue weighted by molar-refractivity contribution is 5.93. The highest BCUT2D eigenvalue weighted by Crippen LogP contribution is 2.35. The number of anilines is 1. The van der Waals surface area contributed by atoms with Crippen molar-refractivity contribution in [2.24, 2.45) is 13.0 Å². The molecule has 1 aromatic carbocycles. The summed E-state index contributed by atoms with van der Waals surface area (Å²) < 4.78 is 12.9. The number of hydrogen-bond acceptors (Lipinski definition) is 4. The van der Waals surface area contributed by atoms with Gasteiger partial charge in [-0.05, 0) is 43.7 Å². The number of carbonyl (C=O) groups is 1. The summed E-state index contributed by atoms with van der Waals surface area (Å²) in [4.78, 5) is 12.6. The number of hydrogen-bond donors (Lipinski definition) is 1.